The SMILES string of the molecule is C=N/N=C(\CCC(F)F)c1ccc(CN(c2ccccc2)N2CC2)cc1.CCCN1CCNCC1. The zero-order chi connectivity index (χ0) is 24.9. The molecule has 1 N–H and O–H groups in total. The number of benzene rings is 2. The molecule has 0 amide bonds. The van der Waals surface area contributed by atoms with Crippen LogP contribution in [0.25, 0.3) is 0 Å². The van der Waals surface area contributed by atoms with Crippen LogP contribution in [-0.2, 0) is 6.54 Å². The van der Waals surface area contributed by atoms with Gasteiger partial charge in [-0.25, -0.2) is 13.8 Å². The molecule has 2 saturated heterocycles. The summed E-state index contributed by atoms with van der Waals surface area (Å²) in [7, 11) is 0. The highest BCUT2D eigenvalue weighted by atomic mass is 19.3. The molecule has 2 aliphatic heterocycles. The van der Waals surface area contributed by atoms with Gasteiger partial charge in [-0.05, 0) is 42.6 Å². The van der Waals surface area contributed by atoms with E-state index in [-0.39, 0.29) is 12.8 Å². The number of hydrogen-bond acceptors (Lipinski definition) is 6. The highest BCUT2D eigenvalue weighted by Crippen LogP contribution is 2.24. The summed E-state index contributed by atoms with van der Waals surface area (Å²) in [6.07, 6.45) is -1.11. The van der Waals surface area contributed by atoms with Crippen molar-refractivity contribution in [2.24, 2.45) is 10.2 Å². The third-order valence-electron chi connectivity index (χ3n) is 5.98. The molecule has 0 radical (unpaired) electrons. The van der Waals surface area contributed by atoms with Gasteiger partial charge in [0.2, 0.25) is 6.43 Å². The van der Waals surface area contributed by atoms with E-state index in [1.807, 2.05) is 42.5 Å². The minimum atomic E-state index is -2.35. The lowest BCUT2D eigenvalue weighted by Gasteiger charge is -2.26. The van der Waals surface area contributed by atoms with Crippen LogP contribution < -0.4 is 10.3 Å². The Morgan fingerprint density at radius 1 is 1.03 bits per heavy atom. The van der Waals surface area contributed by atoms with Gasteiger partial charge in [-0.15, -0.1) is 0 Å². The number of nitrogens with zero attached hydrogens (tertiary/aromatic N) is 5. The van der Waals surface area contributed by atoms with Gasteiger partial charge in [-0.2, -0.15) is 10.2 Å². The number of anilines is 1. The number of alkyl halides is 2. The molecular formula is C27H38F2N6. The van der Waals surface area contributed by atoms with E-state index < -0.39 is 6.43 Å². The summed E-state index contributed by atoms with van der Waals surface area (Å²) in [6.45, 7) is 14.6. The number of nitrogens with one attached hydrogen (secondary N) is 1. The zero-order valence-electron chi connectivity index (χ0n) is 20.8. The number of halogens is 2. The second-order valence-electron chi connectivity index (χ2n) is 8.75. The molecule has 0 saturated carbocycles. The fraction of sp³-hybridized carbons (Fsp3) is 0.481. The fourth-order valence-corrected chi connectivity index (χ4v) is 4.05. The summed E-state index contributed by atoms with van der Waals surface area (Å²) in [4.78, 5) is 2.51. The molecule has 190 valence electrons. The third-order valence-corrected chi connectivity index (χ3v) is 5.98. The van der Waals surface area contributed by atoms with E-state index in [9.17, 15) is 8.78 Å². The number of para-hydroxylation sites is 1. The average Bonchev–Trinajstić information content (AvgIpc) is 3.73. The van der Waals surface area contributed by atoms with E-state index in [1.165, 1.54) is 39.1 Å². The van der Waals surface area contributed by atoms with Crippen LogP contribution in [0.3, 0.4) is 0 Å². The molecule has 0 aromatic heterocycles. The van der Waals surface area contributed by atoms with Gasteiger partial charge in [0.1, 0.15) is 0 Å². The second-order valence-corrected chi connectivity index (χ2v) is 8.75. The number of hydrazine groups is 1. The lowest BCUT2D eigenvalue weighted by atomic mass is 10.0. The lowest BCUT2D eigenvalue weighted by molar-refractivity contribution is 0.140. The van der Waals surface area contributed by atoms with E-state index >= 15 is 0 Å². The Labute approximate surface area is 208 Å². The first kappa shape index (κ1) is 26.9. The maximum atomic E-state index is 12.5. The molecule has 2 heterocycles. The minimum absolute atomic E-state index is 0.181. The van der Waals surface area contributed by atoms with Crippen LogP contribution in [0.4, 0.5) is 14.5 Å². The number of rotatable bonds is 11. The van der Waals surface area contributed by atoms with Crippen LogP contribution in [-0.4, -0.2) is 74.6 Å². The van der Waals surface area contributed by atoms with Gasteiger partial charge in [0.25, 0.3) is 0 Å². The highest BCUT2D eigenvalue weighted by molar-refractivity contribution is 6.00. The van der Waals surface area contributed by atoms with Gasteiger partial charge in [0.05, 0.1) is 17.9 Å². The molecule has 0 aliphatic carbocycles. The van der Waals surface area contributed by atoms with Gasteiger partial charge in [-0.1, -0.05) is 49.4 Å². The molecule has 35 heavy (non-hydrogen) atoms. The summed E-state index contributed by atoms with van der Waals surface area (Å²) in [5, 5.41) is 15.3. The molecule has 0 unspecified atom stereocenters. The summed E-state index contributed by atoms with van der Waals surface area (Å²) in [6, 6.07) is 18.1. The van der Waals surface area contributed by atoms with Crippen LogP contribution in [0.15, 0.2) is 64.8 Å². The third kappa shape index (κ3) is 9.47. The Morgan fingerprint density at radius 3 is 2.29 bits per heavy atom. The molecule has 0 atom stereocenters. The molecular weight excluding hydrogens is 446 g/mol. The molecule has 4 rings (SSSR count). The van der Waals surface area contributed by atoms with E-state index in [0.717, 1.165) is 36.4 Å². The van der Waals surface area contributed by atoms with Crippen molar-refractivity contribution in [2.75, 3.05) is 50.8 Å². The van der Waals surface area contributed by atoms with Crippen molar-refractivity contribution in [3.05, 3.63) is 65.7 Å². The summed E-state index contributed by atoms with van der Waals surface area (Å²) in [5.74, 6) is 0. The van der Waals surface area contributed by atoms with Crippen molar-refractivity contribution in [1.29, 1.82) is 0 Å². The first-order chi connectivity index (χ1) is 17.1. The Morgan fingerprint density at radius 2 is 1.71 bits per heavy atom. The normalized spacial score (nSPS) is 16.5. The summed E-state index contributed by atoms with van der Waals surface area (Å²) >= 11 is 0. The van der Waals surface area contributed by atoms with Crippen molar-refractivity contribution in [1.82, 2.24) is 15.2 Å². The molecule has 2 aromatic carbocycles. The van der Waals surface area contributed by atoms with Crippen molar-refractivity contribution < 1.29 is 8.78 Å². The molecule has 0 bridgehead atoms. The maximum Gasteiger partial charge on any atom is 0.239 e. The van der Waals surface area contributed by atoms with E-state index in [0.29, 0.717) is 5.71 Å². The van der Waals surface area contributed by atoms with Gasteiger partial charge >= 0.3 is 0 Å². The van der Waals surface area contributed by atoms with Crippen molar-refractivity contribution >= 4 is 18.1 Å². The number of hydrogen-bond donors (Lipinski definition) is 1. The second kappa shape index (κ2) is 14.7. The first-order valence-electron chi connectivity index (χ1n) is 12.5. The molecule has 2 aromatic rings. The summed E-state index contributed by atoms with van der Waals surface area (Å²) < 4.78 is 25.0. The largest absolute Gasteiger partial charge is 0.314 e. The van der Waals surface area contributed by atoms with Crippen molar-refractivity contribution in [3.8, 4) is 0 Å². The Balaban J connectivity index is 0.000000320. The fourth-order valence-electron chi connectivity index (χ4n) is 4.05. The van der Waals surface area contributed by atoms with E-state index in [2.05, 4.69) is 56.2 Å². The Hall–Kier alpha value is -2.68. The van der Waals surface area contributed by atoms with Crippen LogP contribution >= 0.6 is 0 Å². The van der Waals surface area contributed by atoms with Crippen LogP contribution in [0.5, 0.6) is 0 Å². The van der Waals surface area contributed by atoms with Gasteiger partial charge in [0.15, 0.2) is 0 Å². The zero-order valence-corrected chi connectivity index (χ0v) is 20.8. The number of piperazine rings is 1. The van der Waals surface area contributed by atoms with Crippen LogP contribution in [0.2, 0.25) is 0 Å². The maximum absolute atomic E-state index is 12.5. The molecule has 2 aliphatic rings. The van der Waals surface area contributed by atoms with Crippen molar-refractivity contribution in [2.45, 2.75) is 39.2 Å². The standard InChI is InChI=1S/C20H22F2N4.C7H16N2/c1-23-24-19(11-12-20(21)22)17-9-7-16(8-10-17)15-26(25-13-14-25)18-5-3-2-4-6-18;1-2-5-9-6-3-8-4-7-9/h2-10,20H,1,11-15H2;8H,2-7H2,1H3/b24-19+;. The molecule has 8 heteroatoms. The van der Waals surface area contributed by atoms with Crippen LogP contribution in [0, 0.1) is 0 Å². The topological polar surface area (TPSA) is 46.2 Å². The predicted octanol–water partition coefficient (Wildman–Crippen LogP) is 4.68. The van der Waals surface area contributed by atoms with Gasteiger partial charge < -0.3 is 15.2 Å². The van der Waals surface area contributed by atoms with Crippen LogP contribution in [0.1, 0.15) is 37.3 Å². The summed E-state index contributed by atoms with van der Waals surface area (Å²) in [5.41, 5.74) is 3.64. The lowest BCUT2D eigenvalue weighted by Crippen LogP contribution is -2.43. The molecule has 2 fully saturated rings. The Kier molecular flexibility index (Phi) is 11.3. The van der Waals surface area contributed by atoms with E-state index in [1.54, 1.807) is 0 Å². The first-order valence-corrected chi connectivity index (χ1v) is 12.5. The highest BCUT2D eigenvalue weighted by Gasteiger charge is 2.25. The van der Waals surface area contributed by atoms with E-state index in [4.69, 9.17) is 0 Å². The average molecular weight is 485 g/mol. The minimum Gasteiger partial charge on any atom is -0.314 e. The van der Waals surface area contributed by atoms with Crippen molar-refractivity contribution in [3.63, 3.8) is 0 Å². The monoisotopic (exact) mass is 484 g/mol. The predicted molar refractivity (Wildman–Crippen MR) is 142 cm³/mol. The smallest absolute Gasteiger partial charge is 0.239 e. The van der Waals surface area contributed by atoms with Gasteiger partial charge in [-0.3, -0.25) is 0 Å². The Bertz CT molecular complexity index is 891. The molecule has 6 nitrogen and oxygen atoms in total. The molecule has 0 spiro atoms. The van der Waals surface area contributed by atoms with Gasteiger partial charge in [0, 0.05) is 52.4 Å². The quantitative estimate of drug-likeness (QED) is 0.286.